The molecule has 5 nitrogen and oxygen atoms in total. The summed E-state index contributed by atoms with van der Waals surface area (Å²) in [5, 5.41) is 0.593. The molecule has 0 saturated heterocycles. The molecule has 0 spiro atoms. The summed E-state index contributed by atoms with van der Waals surface area (Å²) in [5.74, 6) is 6.42. The highest BCUT2D eigenvalue weighted by Crippen LogP contribution is 2.25. The summed E-state index contributed by atoms with van der Waals surface area (Å²) in [4.78, 5) is 8.66. The van der Waals surface area contributed by atoms with E-state index in [2.05, 4.69) is 15.4 Å². The molecular weight excluding hydrogens is 252 g/mol. The van der Waals surface area contributed by atoms with Crippen molar-refractivity contribution in [1.29, 1.82) is 0 Å². The molecule has 0 amide bonds. The normalized spacial score (nSPS) is 10.4. The Labute approximate surface area is 110 Å². The Morgan fingerprint density at radius 1 is 1.33 bits per heavy atom. The number of benzene rings is 1. The molecule has 18 heavy (non-hydrogen) atoms. The van der Waals surface area contributed by atoms with E-state index >= 15 is 0 Å². The number of halogens is 1. The minimum absolute atomic E-state index is 0.384. The van der Waals surface area contributed by atoms with Crippen LogP contribution in [-0.4, -0.2) is 17.1 Å². The van der Waals surface area contributed by atoms with E-state index in [1.54, 1.807) is 19.2 Å². The smallest absolute Gasteiger partial charge is 0.163 e. The van der Waals surface area contributed by atoms with Gasteiger partial charge in [-0.1, -0.05) is 23.7 Å². The van der Waals surface area contributed by atoms with Crippen molar-refractivity contribution < 1.29 is 4.74 Å². The lowest BCUT2D eigenvalue weighted by atomic mass is 10.2. The van der Waals surface area contributed by atoms with Gasteiger partial charge in [0.25, 0.3) is 0 Å². The summed E-state index contributed by atoms with van der Waals surface area (Å²) >= 11 is 6.12. The van der Waals surface area contributed by atoms with Gasteiger partial charge in [0.1, 0.15) is 5.82 Å². The lowest BCUT2D eigenvalue weighted by Crippen LogP contribution is -2.11. The van der Waals surface area contributed by atoms with Gasteiger partial charge in [-0.25, -0.2) is 15.8 Å². The van der Waals surface area contributed by atoms with E-state index in [0.717, 1.165) is 11.3 Å². The highest BCUT2D eigenvalue weighted by Gasteiger charge is 2.09. The van der Waals surface area contributed by atoms with Crippen LogP contribution in [-0.2, 0) is 11.3 Å². The van der Waals surface area contributed by atoms with Gasteiger partial charge in [-0.05, 0) is 12.1 Å². The molecular formula is C12H13ClN4O. The fraction of sp³-hybridized carbons (Fsp3) is 0.167. The summed E-state index contributed by atoms with van der Waals surface area (Å²) in [5.41, 5.74) is 4.00. The third kappa shape index (κ3) is 2.76. The van der Waals surface area contributed by atoms with Crippen LogP contribution in [0.3, 0.4) is 0 Å². The number of hydrazine groups is 1. The van der Waals surface area contributed by atoms with E-state index in [1.165, 1.54) is 0 Å². The number of rotatable bonds is 4. The zero-order valence-corrected chi connectivity index (χ0v) is 10.6. The van der Waals surface area contributed by atoms with Gasteiger partial charge >= 0.3 is 0 Å². The Bertz CT molecular complexity index is 547. The summed E-state index contributed by atoms with van der Waals surface area (Å²) in [6, 6.07) is 9.10. The maximum atomic E-state index is 6.12. The molecule has 0 bridgehead atoms. The van der Waals surface area contributed by atoms with Crippen molar-refractivity contribution in [3.63, 3.8) is 0 Å². The second-order valence-electron chi connectivity index (χ2n) is 3.63. The standard InChI is InChI=1S/C12H13ClN4O/c1-18-7-8-6-11(17-14)16-12(15-8)9-4-2-3-5-10(9)13/h2-6H,7,14H2,1H3,(H,15,16,17). The molecule has 0 fully saturated rings. The summed E-state index contributed by atoms with van der Waals surface area (Å²) in [6.45, 7) is 0.384. The third-order valence-electron chi connectivity index (χ3n) is 2.33. The number of aromatic nitrogens is 2. The Morgan fingerprint density at radius 3 is 2.78 bits per heavy atom. The first-order valence-electron chi connectivity index (χ1n) is 5.33. The molecule has 0 radical (unpaired) electrons. The van der Waals surface area contributed by atoms with Gasteiger partial charge in [-0.2, -0.15) is 0 Å². The number of anilines is 1. The number of ether oxygens (including phenoxy) is 1. The molecule has 0 aliphatic rings. The van der Waals surface area contributed by atoms with E-state index < -0.39 is 0 Å². The first-order valence-corrected chi connectivity index (χ1v) is 5.71. The van der Waals surface area contributed by atoms with Crippen molar-refractivity contribution in [3.05, 3.63) is 41.0 Å². The molecule has 0 saturated carbocycles. The van der Waals surface area contributed by atoms with Crippen LogP contribution < -0.4 is 11.3 Å². The fourth-order valence-electron chi connectivity index (χ4n) is 1.56. The number of nitrogens with one attached hydrogen (secondary N) is 1. The second kappa shape index (κ2) is 5.77. The molecule has 1 heterocycles. The molecule has 2 aromatic rings. The van der Waals surface area contributed by atoms with Crippen LogP contribution in [0.25, 0.3) is 11.4 Å². The summed E-state index contributed by atoms with van der Waals surface area (Å²) in [7, 11) is 1.60. The topological polar surface area (TPSA) is 73.1 Å². The van der Waals surface area contributed by atoms with Crippen LogP contribution in [0, 0.1) is 0 Å². The first-order chi connectivity index (χ1) is 8.74. The Morgan fingerprint density at radius 2 is 2.11 bits per heavy atom. The lowest BCUT2D eigenvalue weighted by Gasteiger charge is -2.08. The van der Waals surface area contributed by atoms with E-state index in [-0.39, 0.29) is 0 Å². The van der Waals surface area contributed by atoms with Gasteiger partial charge in [-0.15, -0.1) is 0 Å². The lowest BCUT2D eigenvalue weighted by molar-refractivity contribution is 0.181. The molecule has 0 unspecified atom stereocenters. The molecule has 0 aliphatic heterocycles. The van der Waals surface area contributed by atoms with Crippen LogP contribution in [0.5, 0.6) is 0 Å². The van der Waals surface area contributed by atoms with Gasteiger partial charge in [0.05, 0.1) is 17.3 Å². The summed E-state index contributed by atoms with van der Waals surface area (Å²) in [6.07, 6.45) is 0. The largest absolute Gasteiger partial charge is 0.378 e. The monoisotopic (exact) mass is 264 g/mol. The van der Waals surface area contributed by atoms with Crippen molar-refractivity contribution in [2.75, 3.05) is 12.5 Å². The van der Waals surface area contributed by atoms with Crippen molar-refractivity contribution in [1.82, 2.24) is 9.97 Å². The Kier molecular flexibility index (Phi) is 4.09. The van der Waals surface area contributed by atoms with E-state index in [4.69, 9.17) is 22.2 Å². The Hall–Kier alpha value is -1.69. The van der Waals surface area contributed by atoms with Crippen molar-refractivity contribution in [2.45, 2.75) is 6.61 Å². The maximum Gasteiger partial charge on any atom is 0.163 e. The van der Waals surface area contributed by atoms with Gasteiger partial charge in [0, 0.05) is 18.7 Å². The zero-order valence-electron chi connectivity index (χ0n) is 9.85. The third-order valence-corrected chi connectivity index (χ3v) is 2.66. The minimum Gasteiger partial charge on any atom is -0.378 e. The molecule has 1 aromatic carbocycles. The average Bonchev–Trinajstić information content (AvgIpc) is 2.39. The molecule has 0 atom stereocenters. The molecule has 6 heteroatoms. The predicted octanol–water partition coefficient (Wildman–Crippen LogP) is 2.23. The van der Waals surface area contributed by atoms with Crippen LogP contribution in [0.1, 0.15) is 5.69 Å². The molecule has 2 rings (SSSR count). The van der Waals surface area contributed by atoms with Crippen molar-refractivity contribution in [3.8, 4) is 11.4 Å². The number of nitrogens with two attached hydrogens (primary N) is 1. The van der Waals surface area contributed by atoms with Crippen LogP contribution in [0.15, 0.2) is 30.3 Å². The van der Waals surface area contributed by atoms with Crippen molar-refractivity contribution >= 4 is 17.4 Å². The SMILES string of the molecule is COCc1cc(NN)nc(-c2ccccc2Cl)n1. The molecule has 1 aromatic heterocycles. The number of methoxy groups -OCH3 is 1. The van der Waals surface area contributed by atoms with E-state index in [1.807, 2.05) is 18.2 Å². The molecule has 0 aliphatic carbocycles. The molecule has 3 N–H and O–H groups in total. The van der Waals surface area contributed by atoms with Crippen LogP contribution in [0.4, 0.5) is 5.82 Å². The van der Waals surface area contributed by atoms with E-state index in [0.29, 0.717) is 23.3 Å². The average molecular weight is 265 g/mol. The quantitative estimate of drug-likeness (QED) is 0.654. The highest BCUT2D eigenvalue weighted by atomic mass is 35.5. The summed E-state index contributed by atoms with van der Waals surface area (Å²) < 4.78 is 5.06. The minimum atomic E-state index is 0.384. The van der Waals surface area contributed by atoms with Crippen molar-refractivity contribution in [2.24, 2.45) is 5.84 Å². The zero-order chi connectivity index (χ0) is 13.0. The highest BCUT2D eigenvalue weighted by molar-refractivity contribution is 6.33. The number of hydrogen-bond acceptors (Lipinski definition) is 5. The number of nitrogen functional groups attached to an aromatic ring is 1. The van der Waals surface area contributed by atoms with Crippen LogP contribution >= 0.6 is 11.6 Å². The number of hydrogen-bond donors (Lipinski definition) is 2. The van der Waals surface area contributed by atoms with Crippen LogP contribution in [0.2, 0.25) is 5.02 Å². The second-order valence-corrected chi connectivity index (χ2v) is 4.03. The van der Waals surface area contributed by atoms with E-state index in [9.17, 15) is 0 Å². The Balaban J connectivity index is 2.50. The van der Waals surface area contributed by atoms with Gasteiger partial charge in [0.15, 0.2) is 5.82 Å². The number of nitrogens with zero attached hydrogens (tertiary/aromatic N) is 2. The maximum absolute atomic E-state index is 6.12. The fourth-order valence-corrected chi connectivity index (χ4v) is 1.78. The first kappa shape index (κ1) is 12.8. The predicted molar refractivity (Wildman–Crippen MR) is 71.0 cm³/mol. The van der Waals surface area contributed by atoms with Gasteiger partial charge < -0.3 is 10.2 Å². The molecule has 94 valence electrons. The van der Waals surface area contributed by atoms with Gasteiger partial charge in [-0.3, -0.25) is 0 Å². The van der Waals surface area contributed by atoms with Gasteiger partial charge in [0.2, 0.25) is 0 Å².